The molecule has 8 heteroatoms. The molecule has 0 saturated heterocycles. The van der Waals surface area contributed by atoms with E-state index >= 15 is 0 Å². The molecule has 6 rings (SSSR count). The van der Waals surface area contributed by atoms with Crippen molar-refractivity contribution in [3.05, 3.63) is 77.6 Å². The lowest BCUT2D eigenvalue weighted by Crippen LogP contribution is -2.14. The van der Waals surface area contributed by atoms with Gasteiger partial charge in [-0.25, -0.2) is 4.98 Å². The Morgan fingerprint density at radius 2 is 2.03 bits per heavy atom. The smallest absolute Gasteiger partial charge is 0.274 e. The molecule has 0 aliphatic heterocycles. The van der Waals surface area contributed by atoms with Gasteiger partial charge < -0.3 is 5.32 Å². The SMILES string of the molecule is CCn1ccc(Cn2nc(C3CC3)c3c(NC(=O)c4cnc5cc(C)ccn45)cccc32)n1. The van der Waals surface area contributed by atoms with Gasteiger partial charge in [0.05, 0.1) is 35.3 Å². The van der Waals surface area contributed by atoms with E-state index < -0.39 is 0 Å². The summed E-state index contributed by atoms with van der Waals surface area (Å²) in [6, 6.07) is 12.0. The normalized spacial score (nSPS) is 13.8. The first-order chi connectivity index (χ1) is 16.1. The molecule has 0 atom stereocenters. The molecule has 1 aliphatic rings. The number of nitrogens with one attached hydrogen (secondary N) is 1. The standard InChI is InChI=1S/C25H25N7O/c1-3-30-11-10-18(28-30)15-32-20-6-4-5-19(23(20)24(29-32)17-7-8-17)27-25(33)21-14-26-22-13-16(2)9-12-31(21)22/h4-6,9-14,17H,3,7-8,15H2,1-2H3,(H,27,33). The fraction of sp³-hybridized carbons (Fsp3) is 0.280. The summed E-state index contributed by atoms with van der Waals surface area (Å²) in [5.41, 5.74) is 6.20. The Labute approximate surface area is 190 Å². The Bertz CT molecular complexity index is 1500. The van der Waals surface area contributed by atoms with Gasteiger partial charge in [-0.1, -0.05) is 6.07 Å². The number of hydrogen-bond donors (Lipinski definition) is 1. The van der Waals surface area contributed by atoms with Crippen LogP contribution >= 0.6 is 0 Å². The van der Waals surface area contributed by atoms with Crippen LogP contribution in [0.2, 0.25) is 0 Å². The summed E-state index contributed by atoms with van der Waals surface area (Å²) in [5.74, 6) is 0.258. The molecule has 166 valence electrons. The number of nitrogens with zero attached hydrogens (tertiary/aromatic N) is 6. The number of anilines is 1. The molecule has 1 saturated carbocycles. The molecule has 0 radical (unpaired) electrons. The first-order valence-electron chi connectivity index (χ1n) is 11.4. The van der Waals surface area contributed by atoms with Crippen LogP contribution in [0.3, 0.4) is 0 Å². The van der Waals surface area contributed by atoms with Crippen LogP contribution in [0.4, 0.5) is 5.69 Å². The van der Waals surface area contributed by atoms with E-state index in [1.165, 1.54) is 0 Å². The molecular weight excluding hydrogens is 414 g/mol. The van der Waals surface area contributed by atoms with E-state index in [2.05, 4.69) is 28.4 Å². The van der Waals surface area contributed by atoms with E-state index in [9.17, 15) is 4.79 Å². The molecule has 1 fully saturated rings. The van der Waals surface area contributed by atoms with E-state index in [1.54, 1.807) is 6.20 Å². The fourth-order valence-electron chi connectivity index (χ4n) is 4.38. The summed E-state index contributed by atoms with van der Waals surface area (Å²) in [5, 5.41) is 13.7. The molecule has 5 aromatic rings. The van der Waals surface area contributed by atoms with Crippen LogP contribution < -0.4 is 5.32 Å². The van der Waals surface area contributed by atoms with Crippen molar-refractivity contribution in [3.8, 4) is 0 Å². The minimum Gasteiger partial charge on any atom is -0.320 e. The molecular formula is C25H25N7O. The van der Waals surface area contributed by atoms with E-state index in [0.717, 1.165) is 58.6 Å². The third kappa shape index (κ3) is 3.47. The summed E-state index contributed by atoms with van der Waals surface area (Å²) >= 11 is 0. The molecule has 0 spiro atoms. The highest BCUT2D eigenvalue weighted by Crippen LogP contribution is 2.44. The fourth-order valence-corrected chi connectivity index (χ4v) is 4.38. The average molecular weight is 440 g/mol. The van der Waals surface area contributed by atoms with Crippen molar-refractivity contribution in [1.82, 2.24) is 28.9 Å². The van der Waals surface area contributed by atoms with Gasteiger partial charge in [-0.05, 0) is 62.6 Å². The number of amides is 1. The van der Waals surface area contributed by atoms with Gasteiger partial charge >= 0.3 is 0 Å². The summed E-state index contributed by atoms with van der Waals surface area (Å²) in [6.07, 6.45) is 7.76. The summed E-state index contributed by atoms with van der Waals surface area (Å²) in [6.45, 7) is 5.52. The van der Waals surface area contributed by atoms with Crippen molar-refractivity contribution in [1.29, 1.82) is 0 Å². The molecule has 4 heterocycles. The topological polar surface area (TPSA) is 82.0 Å². The number of aryl methyl sites for hydroxylation is 2. The van der Waals surface area contributed by atoms with Crippen molar-refractivity contribution < 1.29 is 4.79 Å². The van der Waals surface area contributed by atoms with E-state index in [4.69, 9.17) is 5.10 Å². The van der Waals surface area contributed by atoms with Crippen molar-refractivity contribution in [2.45, 2.75) is 45.7 Å². The van der Waals surface area contributed by atoms with Gasteiger partial charge in [0, 0.05) is 30.2 Å². The molecule has 1 amide bonds. The minimum absolute atomic E-state index is 0.185. The minimum atomic E-state index is -0.185. The van der Waals surface area contributed by atoms with Crippen LogP contribution in [0.15, 0.2) is 55.0 Å². The zero-order valence-electron chi connectivity index (χ0n) is 18.7. The van der Waals surface area contributed by atoms with Gasteiger partial charge in [-0.3, -0.25) is 18.6 Å². The second kappa shape index (κ2) is 7.58. The predicted molar refractivity (Wildman–Crippen MR) is 127 cm³/mol. The van der Waals surface area contributed by atoms with Crippen molar-refractivity contribution >= 4 is 28.1 Å². The molecule has 1 N–H and O–H groups in total. The zero-order valence-corrected chi connectivity index (χ0v) is 18.7. The maximum atomic E-state index is 13.2. The van der Waals surface area contributed by atoms with E-state index in [1.807, 2.05) is 63.4 Å². The number of aromatic nitrogens is 6. The van der Waals surface area contributed by atoms with Gasteiger partial charge in [0.2, 0.25) is 0 Å². The number of hydrogen-bond acceptors (Lipinski definition) is 4. The Balaban J connectivity index is 1.38. The van der Waals surface area contributed by atoms with Crippen LogP contribution in [0, 0.1) is 6.92 Å². The summed E-state index contributed by atoms with van der Waals surface area (Å²) < 4.78 is 5.75. The van der Waals surface area contributed by atoms with E-state index in [0.29, 0.717) is 18.2 Å². The molecule has 33 heavy (non-hydrogen) atoms. The quantitative estimate of drug-likeness (QED) is 0.425. The number of rotatable bonds is 6. The number of fused-ring (bicyclic) bond motifs is 2. The Morgan fingerprint density at radius 3 is 2.82 bits per heavy atom. The van der Waals surface area contributed by atoms with Crippen LogP contribution in [0.1, 0.15) is 53.1 Å². The number of pyridine rings is 1. The van der Waals surface area contributed by atoms with Crippen molar-refractivity contribution in [3.63, 3.8) is 0 Å². The second-order valence-electron chi connectivity index (χ2n) is 8.71. The van der Waals surface area contributed by atoms with Crippen molar-refractivity contribution in [2.24, 2.45) is 0 Å². The first kappa shape index (κ1) is 19.7. The maximum absolute atomic E-state index is 13.2. The van der Waals surface area contributed by atoms with Gasteiger partial charge in [0.1, 0.15) is 11.3 Å². The summed E-state index contributed by atoms with van der Waals surface area (Å²) in [4.78, 5) is 17.6. The van der Waals surface area contributed by atoms with Crippen LogP contribution in [0.5, 0.6) is 0 Å². The summed E-state index contributed by atoms with van der Waals surface area (Å²) in [7, 11) is 0. The largest absolute Gasteiger partial charge is 0.320 e. The number of carbonyl (C=O) groups excluding carboxylic acids is 1. The highest BCUT2D eigenvalue weighted by molar-refractivity contribution is 6.09. The number of carbonyl (C=O) groups is 1. The van der Waals surface area contributed by atoms with Gasteiger partial charge in [0.25, 0.3) is 5.91 Å². The van der Waals surface area contributed by atoms with E-state index in [-0.39, 0.29) is 5.91 Å². The third-order valence-electron chi connectivity index (χ3n) is 6.25. The molecule has 0 bridgehead atoms. The maximum Gasteiger partial charge on any atom is 0.274 e. The first-order valence-corrected chi connectivity index (χ1v) is 11.4. The van der Waals surface area contributed by atoms with Gasteiger partial charge in [0.15, 0.2) is 0 Å². The van der Waals surface area contributed by atoms with Gasteiger partial charge in [-0.15, -0.1) is 0 Å². The molecule has 0 unspecified atom stereocenters. The highest BCUT2D eigenvalue weighted by Gasteiger charge is 2.30. The Morgan fingerprint density at radius 1 is 1.15 bits per heavy atom. The van der Waals surface area contributed by atoms with Crippen LogP contribution in [-0.4, -0.2) is 34.9 Å². The lowest BCUT2D eigenvalue weighted by molar-refractivity contribution is 0.102. The monoisotopic (exact) mass is 439 g/mol. The molecule has 4 aromatic heterocycles. The van der Waals surface area contributed by atoms with Crippen molar-refractivity contribution in [2.75, 3.05) is 5.32 Å². The van der Waals surface area contributed by atoms with Crippen LogP contribution in [0.25, 0.3) is 16.6 Å². The third-order valence-corrected chi connectivity index (χ3v) is 6.25. The lowest BCUT2D eigenvalue weighted by Gasteiger charge is -2.08. The highest BCUT2D eigenvalue weighted by atomic mass is 16.1. The lowest BCUT2D eigenvalue weighted by atomic mass is 10.1. The second-order valence-corrected chi connectivity index (χ2v) is 8.71. The number of benzene rings is 1. The molecule has 1 aliphatic carbocycles. The number of imidazole rings is 1. The molecule has 1 aromatic carbocycles. The predicted octanol–water partition coefficient (Wildman–Crippen LogP) is 4.39. The molecule has 8 nitrogen and oxygen atoms in total. The van der Waals surface area contributed by atoms with Gasteiger partial charge in [-0.2, -0.15) is 10.2 Å². The Kier molecular flexibility index (Phi) is 4.53. The zero-order chi connectivity index (χ0) is 22.5. The Hall–Kier alpha value is -3.94. The van der Waals surface area contributed by atoms with Crippen LogP contribution in [-0.2, 0) is 13.1 Å². The average Bonchev–Trinajstić information content (AvgIpc) is 3.25.